The van der Waals surface area contributed by atoms with Gasteiger partial charge in [0.1, 0.15) is 5.82 Å². The molecule has 3 atom stereocenters. The molecule has 5 N–H and O–H groups in total. The monoisotopic (exact) mass is 460 g/mol. The summed E-state index contributed by atoms with van der Waals surface area (Å²) in [4.78, 5) is 9.15. The standard InChI is InChI=1S/C24H38FN6P/c1-16(19-8-10-20(25)11-9-19)28-23-22(15-26)24(30-17(2)29-23)31-21-12-7-18(14-21)6-5-13-32(3,4)27/h8-11,15-16,18,21,26,32H,5-7,12-14,27H2,1-4H3,(H2,28,29,30,31). The van der Waals surface area contributed by atoms with E-state index >= 15 is 0 Å². The molecule has 8 heteroatoms. The van der Waals surface area contributed by atoms with Gasteiger partial charge in [0.2, 0.25) is 0 Å². The van der Waals surface area contributed by atoms with E-state index in [1.165, 1.54) is 43.8 Å². The van der Waals surface area contributed by atoms with Crippen LogP contribution in [0.2, 0.25) is 0 Å². The van der Waals surface area contributed by atoms with E-state index in [2.05, 4.69) is 33.9 Å². The summed E-state index contributed by atoms with van der Waals surface area (Å²) in [6, 6.07) is 6.71. The summed E-state index contributed by atoms with van der Waals surface area (Å²) in [6.07, 6.45) is 8.43. The summed E-state index contributed by atoms with van der Waals surface area (Å²) in [5.74, 6) is 2.45. The number of hydrogen-bond acceptors (Lipinski definition) is 6. The molecular weight excluding hydrogens is 422 g/mol. The third-order valence-corrected chi connectivity index (χ3v) is 7.88. The fourth-order valence-electron chi connectivity index (χ4n) is 4.49. The van der Waals surface area contributed by atoms with Gasteiger partial charge in [0, 0.05) is 0 Å². The molecule has 1 heterocycles. The Morgan fingerprint density at radius 3 is 2.56 bits per heavy atom. The first-order valence-electron chi connectivity index (χ1n) is 11.6. The molecular formula is C24H38FN6P. The van der Waals surface area contributed by atoms with Crippen molar-refractivity contribution in [1.29, 1.82) is 5.41 Å². The van der Waals surface area contributed by atoms with E-state index in [1.54, 1.807) is 12.1 Å². The first-order valence-corrected chi connectivity index (χ1v) is 14.9. The van der Waals surface area contributed by atoms with Gasteiger partial charge in [-0.05, 0) is 24.6 Å². The molecule has 0 saturated heterocycles. The Morgan fingerprint density at radius 2 is 1.91 bits per heavy atom. The van der Waals surface area contributed by atoms with Crippen molar-refractivity contribution in [3.8, 4) is 0 Å². The van der Waals surface area contributed by atoms with Crippen LogP contribution in [-0.2, 0) is 0 Å². The molecule has 0 spiro atoms. The van der Waals surface area contributed by atoms with E-state index in [-0.39, 0.29) is 11.9 Å². The number of benzene rings is 1. The summed E-state index contributed by atoms with van der Waals surface area (Å²) < 4.78 is 13.3. The molecule has 1 fully saturated rings. The van der Waals surface area contributed by atoms with Crippen molar-refractivity contribution in [3.05, 3.63) is 47.0 Å². The van der Waals surface area contributed by atoms with Crippen LogP contribution in [0.25, 0.3) is 0 Å². The fourth-order valence-corrected chi connectivity index (χ4v) is 5.60. The van der Waals surface area contributed by atoms with Crippen molar-refractivity contribution in [2.75, 3.05) is 30.1 Å². The molecule has 0 radical (unpaired) electrons. The van der Waals surface area contributed by atoms with Crippen molar-refractivity contribution in [3.63, 3.8) is 0 Å². The van der Waals surface area contributed by atoms with Crippen LogP contribution in [0, 0.1) is 24.1 Å². The van der Waals surface area contributed by atoms with Crippen LogP contribution in [0.5, 0.6) is 0 Å². The Bertz CT molecular complexity index is 912. The maximum absolute atomic E-state index is 13.3. The number of aryl methyl sites for hydroxylation is 1. The maximum atomic E-state index is 13.3. The van der Waals surface area contributed by atoms with Crippen LogP contribution >= 0.6 is 7.41 Å². The molecule has 2 aromatic rings. The summed E-state index contributed by atoms with van der Waals surface area (Å²) in [5.41, 5.74) is 7.87. The summed E-state index contributed by atoms with van der Waals surface area (Å²) in [7, 11) is -1.46. The van der Waals surface area contributed by atoms with Gasteiger partial charge in [-0.2, -0.15) is 0 Å². The van der Waals surface area contributed by atoms with Gasteiger partial charge >= 0.3 is 145 Å². The van der Waals surface area contributed by atoms with E-state index < -0.39 is 7.41 Å². The van der Waals surface area contributed by atoms with Gasteiger partial charge in [0.15, 0.2) is 0 Å². The molecule has 1 aliphatic carbocycles. The number of nitrogens with zero attached hydrogens (tertiary/aromatic N) is 2. The molecule has 1 saturated carbocycles. The topological polar surface area (TPSA) is 99.7 Å². The number of aromatic nitrogens is 2. The minimum atomic E-state index is -1.46. The number of halogens is 1. The second-order valence-electron chi connectivity index (χ2n) is 9.84. The average Bonchev–Trinajstić information content (AvgIpc) is 3.14. The number of nitrogens with two attached hydrogens (primary N) is 1. The third kappa shape index (κ3) is 6.94. The Balaban J connectivity index is 1.66. The van der Waals surface area contributed by atoms with Gasteiger partial charge in [-0.3, -0.25) is 0 Å². The quantitative estimate of drug-likeness (QED) is 0.283. The predicted octanol–water partition coefficient (Wildman–Crippen LogP) is 5.34. The Kier molecular flexibility index (Phi) is 8.18. The van der Waals surface area contributed by atoms with E-state index in [4.69, 9.17) is 10.9 Å². The summed E-state index contributed by atoms with van der Waals surface area (Å²) >= 11 is 0. The Labute approximate surface area is 191 Å². The minimum absolute atomic E-state index is 0.0809. The normalized spacial score (nSPS) is 20.1. The van der Waals surface area contributed by atoms with Crippen LogP contribution in [0.4, 0.5) is 16.0 Å². The summed E-state index contributed by atoms with van der Waals surface area (Å²) in [5, 5.41) is 15.0. The molecule has 3 rings (SSSR count). The molecule has 0 aliphatic heterocycles. The number of rotatable bonds is 10. The Hall–Kier alpha value is -2.11. The molecule has 0 bridgehead atoms. The predicted molar refractivity (Wildman–Crippen MR) is 136 cm³/mol. The average molecular weight is 461 g/mol. The SMILES string of the molecule is Cc1nc(NC2CCC(CCC[PH](C)(C)N)C2)c(C=N)c(NC(C)c2ccc(F)cc2)n1. The fraction of sp³-hybridized carbons (Fsp3) is 0.542. The molecule has 3 unspecified atom stereocenters. The zero-order chi connectivity index (χ0) is 23.3. The molecule has 1 aromatic carbocycles. The van der Waals surface area contributed by atoms with Gasteiger partial charge in [-0.15, -0.1) is 0 Å². The van der Waals surface area contributed by atoms with Crippen molar-refractivity contribution in [2.24, 2.45) is 11.4 Å². The van der Waals surface area contributed by atoms with Crippen molar-refractivity contribution < 1.29 is 4.39 Å². The molecule has 176 valence electrons. The zero-order valence-electron chi connectivity index (χ0n) is 19.7. The molecule has 1 aromatic heterocycles. The van der Waals surface area contributed by atoms with Gasteiger partial charge in [0.25, 0.3) is 0 Å². The van der Waals surface area contributed by atoms with Crippen molar-refractivity contribution in [2.45, 2.75) is 58.0 Å². The van der Waals surface area contributed by atoms with Crippen molar-refractivity contribution >= 4 is 25.3 Å². The zero-order valence-corrected chi connectivity index (χ0v) is 20.7. The van der Waals surface area contributed by atoms with Gasteiger partial charge in [-0.25, -0.2) is 4.39 Å². The molecule has 0 amide bonds. The van der Waals surface area contributed by atoms with Crippen LogP contribution in [0.1, 0.15) is 62.0 Å². The van der Waals surface area contributed by atoms with Crippen LogP contribution in [0.3, 0.4) is 0 Å². The van der Waals surface area contributed by atoms with E-state index in [0.29, 0.717) is 29.1 Å². The van der Waals surface area contributed by atoms with Crippen LogP contribution in [-0.4, -0.2) is 41.7 Å². The second kappa shape index (κ2) is 10.7. The third-order valence-electron chi connectivity index (χ3n) is 6.24. The van der Waals surface area contributed by atoms with Crippen LogP contribution < -0.4 is 16.1 Å². The molecule has 32 heavy (non-hydrogen) atoms. The first kappa shape index (κ1) is 24.5. The van der Waals surface area contributed by atoms with E-state index in [1.807, 2.05) is 13.8 Å². The van der Waals surface area contributed by atoms with Crippen molar-refractivity contribution in [1.82, 2.24) is 9.97 Å². The number of anilines is 2. The summed E-state index contributed by atoms with van der Waals surface area (Å²) in [6.45, 7) is 8.32. The Morgan fingerprint density at radius 1 is 1.22 bits per heavy atom. The van der Waals surface area contributed by atoms with E-state index in [9.17, 15) is 4.39 Å². The van der Waals surface area contributed by atoms with Gasteiger partial charge in [-0.1, -0.05) is 12.1 Å². The first-order chi connectivity index (χ1) is 15.1. The van der Waals surface area contributed by atoms with E-state index in [0.717, 1.165) is 24.3 Å². The van der Waals surface area contributed by atoms with Gasteiger partial charge < -0.3 is 0 Å². The van der Waals surface area contributed by atoms with Crippen LogP contribution in [0.15, 0.2) is 24.3 Å². The number of nitrogens with one attached hydrogen (secondary N) is 3. The van der Waals surface area contributed by atoms with Gasteiger partial charge in [0.05, 0.1) is 0 Å². The molecule has 6 nitrogen and oxygen atoms in total. The second-order valence-corrected chi connectivity index (χ2v) is 14.3. The number of hydrogen-bond donors (Lipinski definition) is 4. The molecule has 1 aliphatic rings.